The second kappa shape index (κ2) is 9.00. The molecule has 160 valence electrons. The van der Waals surface area contributed by atoms with Gasteiger partial charge in [0.25, 0.3) is 5.91 Å². The predicted octanol–water partition coefficient (Wildman–Crippen LogP) is 4.78. The molecule has 0 bridgehead atoms. The number of aromatic nitrogens is 1. The highest BCUT2D eigenvalue weighted by Crippen LogP contribution is 2.41. The van der Waals surface area contributed by atoms with Crippen LogP contribution in [0.5, 0.6) is 5.75 Å². The number of aryl methyl sites for hydroxylation is 2. The lowest BCUT2D eigenvalue weighted by Crippen LogP contribution is -2.31. The Morgan fingerprint density at radius 1 is 1.33 bits per heavy atom. The van der Waals surface area contributed by atoms with Crippen molar-refractivity contribution in [2.24, 2.45) is 5.92 Å². The molecule has 2 heterocycles. The van der Waals surface area contributed by atoms with Gasteiger partial charge in [0.15, 0.2) is 5.76 Å². The number of Topliss-reactive ketones (excluding diaryl/α,β-unsaturated/α-hetero) is 1. The van der Waals surface area contributed by atoms with Crippen molar-refractivity contribution in [3.05, 3.63) is 56.7 Å². The van der Waals surface area contributed by atoms with Gasteiger partial charge in [-0.25, -0.2) is 4.98 Å². The minimum atomic E-state index is -0.658. The molecule has 2 aromatic rings. The quantitative estimate of drug-likeness (QED) is 0.612. The van der Waals surface area contributed by atoms with E-state index in [9.17, 15) is 14.7 Å². The molecule has 7 heteroatoms. The molecule has 0 radical (unpaired) electrons. The van der Waals surface area contributed by atoms with Gasteiger partial charge in [-0.2, -0.15) is 0 Å². The van der Waals surface area contributed by atoms with Crippen LogP contribution in [0.15, 0.2) is 35.6 Å². The number of amides is 1. The Bertz CT molecular complexity index is 993. The summed E-state index contributed by atoms with van der Waals surface area (Å²) in [6, 6.07) is 6.75. The maximum Gasteiger partial charge on any atom is 0.290 e. The zero-order valence-electron chi connectivity index (χ0n) is 18.1. The smallest absolute Gasteiger partial charge is 0.290 e. The van der Waals surface area contributed by atoms with Crippen molar-refractivity contribution in [1.82, 2.24) is 9.88 Å². The molecule has 0 aliphatic carbocycles. The number of nitrogens with zero attached hydrogens (tertiary/aromatic N) is 2. The molecule has 1 aromatic heterocycles. The summed E-state index contributed by atoms with van der Waals surface area (Å²) in [7, 11) is 0. The maximum atomic E-state index is 13.4. The first-order chi connectivity index (χ1) is 14.2. The Labute approximate surface area is 181 Å². The number of aliphatic hydroxyl groups is 1. The van der Waals surface area contributed by atoms with Gasteiger partial charge >= 0.3 is 0 Å². The van der Waals surface area contributed by atoms with Gasteiger partial charge < -0.3 is 14.7 Å². The molecule has 1 N–H and O–H groups in total. The van der Waals surface area contributed by atoms with E-state index in [0.29, 0.717) is 41.8 Å². The van der Waals surface area contributed by atoms with Crippen LogP contribution in [0.4, 0.5) is 0 Å². The van der Waals surface area contributed by atoms with Crippen LogP contribution in [-0.2, 0) is 4.79 Å². The minimum Gasteiger partial charge on any atom is -0.503 e. The number of ether oxygens (including phenoxy) is 1. The first kappa shape index (κ1) is 22.0. The fraction of sp³-hybridized carbons (Fsp3) is 0.435. The van der Waals surface area contributed by atoms with Crippen LogP contribution in [0.2, 0.25) is 0 Å². The molecule has 1 unspecified atom stereocenters. The Morgan fingerprint density at radius 2 is 2.07 bits per heavy atom. The molecule has 6 nitrogen and oxygen atoms in total. The van der Waals surface area contributed by atoms with Gasteiger partial charge in [-0.1, -0.05) is 32.9 Å². The van der Waals surface area contributed by atoms with Crippen LogP contribution in [0, 0.1) is 19.8 Å². The summed E-state index contributed by atoms with van der Waals surface area (Å²) < 4.78 is 5.84. The molecule has 1 aliphatic rings. The van der Waals surface area contributed by atoms with E-state index >= 15 is 0 Å². The number of ketones is 1. The molecule has 0 saturated carbocycles. The van der Waals surface area contributed by atoms with E-state index in [1.165, 1.54) is 11.3 Å². The highest BCUT2D eigenvalue weighted by Gasteiger charge is 2.44. The number of carbonyl (C=O) groups is 2. The number of benzene rings is 1. The Kier molecular flexibility index (Phi) is 6.61. The zero-order valence-corrected chi connectivity index (χ0v) is 18.9. The van der Waals surface area contributed by atoms with E-state index < -0.39 is 17.7 Å². The van der Waals surface area contributed by atoms with Crippen LogP contribution >= 0.6 is 11.3 Å². The average Bonchev–Trinajstić information content (AvgIpc) is 3.17. The molecular formula is C23H28N2O4S. The number of hydrogen-bond acceptors (Lipinski definition) is 6. The molecule has 3 rings (SSSR count). The van der Waals surface area contributed by atoms with Crippen molar-refractivity contribution in [2.75, 3.05) is 13.2 Å². The van der Waals surface area contributed by atoms with E-state index in [4.69, 9.17) is 4.74 Å². The third kappa shape index (κ3) is 4.26. The topological polar surface area (TPSA) is 79.7 Å². The fourth-order valence-electron chi connectivity index (χ4n) is 3.61. The Hall–Kier alpha value is -2.67. The van der Waals surface area contributed by atoms with Crippen LogP contribution in [0.3, 0.4) is 0 Å². The third-order valence-electron chi connectivity index (χ3n) is 4.88. The fourth-order valence-corrected chi connectivity index (χ4v) is 4.48. The number of rotatable bonds is 8. The molecule has 0 fully saturated rings. The van der Waals surface area contributed by atoms with Crippen LogP contribution in [-0.4, -0.2) is 39.8 Å². The summed E-state index contributed by atoms with van der Waals surface area (Å²) >= 11 is 1.28. The summed E-state index contributed by atoms with van der Waals surface area (Å²) in [5, 5.41) is 11.5. The molecule has 0 spiro atoms. The first-order valence-electron chi connectivity index (χ1n) is 10.2. The van der Waals surface area contributed by atoms with Crippen LogP contribution < -0.4 is 4.74 Å². The van der Waals surface area contributed by atoms with Gasteiger partial charge in [0, 0.05) is 6.54 Å². The van der Waals surface area contributed by atoms with Crippen molar-refractivity contribution in [3.8, 4) is 5.75 Å². The summed E-state index contributed by atoms with van der Waals surface area (Å²) in [6.45, 7) is 10.7. The predicted molar refractivity (Wildman–Crippen MR) is 117 cm³/mol. The molecular weight excluding hydrogens is 400 g/mol. The average molecular weight is 429 g/mol. The van der Waals surface area contributed by atoms with Gasteiger partial charge in [-0.05, 0) is 43.9 Å². The summed E-state index contributed by atoms with van der Waals surface area (Å²) in [4.78, 5) is 32.6. The number of aliphatic hydroxyl groups excluding tert-OH is 1. The van der Waals surface area contributed by atoms with Gasteiger partial charge in [0.05, 0.1) is 33.8 Å². The van der Waals surface area contributed by atoms with Crippen molar-refractivity contribution in [3.63, 3.8) is 0 Å². The molecule has 1 aliphatic heterocycles. The SMILES string of the molecule is CCCN1C(=O)C(O)=C(C(=O)c2sc(C)nc2C)C1c1cccc(OCC(C)C)c1. The highest BCUT2D eigenvalue weighted by atomic mass is 32.1. The second-order valence-electron chi connectivity index (χ2n) is 7.92. The lowest BCUT2D eigenvalue weighted by atomic mass is 9.95. The van der Waals surface area contributed by atoms with Crippen molar-refractivity contribution in [2.45, 2.75) is 47.1 Å². The molecule has 1 amide bonds. The lowest BCUT2D eigenvalue weighted by molar-refractivity contribution is -0.129. The van der Waals surface area contributed by atoms with Gasteiger partial charge in [-0.3, -0.25) is 9.59 Å². The molecule has 1 atom stereocenters. The monoisotopic (exact) mass is 428 g/mol. The lowest BCUT2D eigenvalue weighted by Gasteiger charge is -2.26. The van der Waals surface area contributed by atoms with Crippen molar-refractivity contribution >= 4 is 23.0 Å². The highest BCUT2D eigenvalue weighted by molar-refractivity contribution is 7.14. The normalized spacial score (nSPS) is 16.7. The van der Waals surface area contributed by atoms with Gasteiger partial charge in [0.1, 0.15) is 5.75 Å². The second-order valence-corrected chi connectivity index (χ2v) is 9.12. The Balaban J connectivity index is 2.06. The first-order valence-corrected chi connectivity index (χ1v) is 11.0. The summed E-state index contributed by atoms with van der Waals surface area (Å²) in [6.07, 6.45) is 0.708. The Morgan fingerprint density at radius 3 is 2.67 bits per heavy atom. The number of thiazole rings is 1. The van der Waals surface area contributed by atoms with Gasteiger partial charge in [-0.15, -0.1) is 11.3 Å². The third-order valence-corrected chi connectivity index (χ3v) is 5.95. The summed E-state index contributed by atoms with van der Waals surface area (Å²) in [5.74, 6) is -0.291. The van der Waals surface area contributed by atoms with Crippen LogP contribution in [0.25, 0.3) is 0 Å². The molecule has 30 heavy (non-hydrogen) atoms. The van der Waals surface area contributed by atoms with E-state index in [1.807, 2.05) is 38.1 Å². The summed E-state index contributed by atoms with van der Waals surface area (Å²) in [5.41, 5.74) is 1.46. The maximum absolute atomic E-state index is 13.4. The minimum absolute atomic E-state index is 0.112. The van der Waals surface area contributed by atoms with E-state index in [0.717, 1.165) is 10.6 Å². The van der Waals surface area contributed by atoms with E-state index in [1.54, 1.807) is 11.8 Å². The largest absolute Gasteiger partial charge is 0.503 e. The van der Waals surface area contributed by atoms with Gasteiger partial charge in [0.2, 0.25) is 5.78 Å². The standard InChI is InChI=1S/C23H28N2O4S/c1-6-10-25-19(16-8-7-9-17(11-16)29-12-13(2)3)18(21(27)23(25)28)20(26)22-14(4)24-15(5)30-22/h7-9,11,13,19,27H,6,10,12H2,1-5H3. The van der Waals surface area contributed by atoms with Crippen LogP contribution in [0.1, 0.15) is 59.2 Å². The van der Waals surface area contributed by atoms with Crippen molar-refractivity contribution < 1.29 is 19.4 Å². The van der Waals surface area contributed by atoms with E-state index in [2.05, 4.69) is 18.8 Å². The molecule has 0 saturated heterocycles. The number of hydrogen-bond donors (Lipinski definition) is 1. The van der Waals surface area contributed by atoms with E-state index in [-0.39, 0.29) is 11.4 Å². The molecule has 1 aromatic carbocycles. The number of carbonyl (C=O) groups excluding carboxylic acids is 2. The van der Waals surface area contributed by atoms with Crippen molar-refractivity contribution in [1.29, 1.82) is 0 Å². The zero-order chi connectivity index (χ0) is 22.0.